The highest BCUT2D eigenvalue weighted by Gasteiger charge is 2.04. The molecule has 0 unspecified atom stereocenters. The largest absolute Gasteiger partial charge is 0.365 e. The van der Waals surface area contributed by atoms with Gasteiger partial charge in [0.15, 0.2) is 0 Å². The van der Waals surface area contributed by atoms with Gasteiger partial charge in [0, 0.05) is 17.0 Å². The van der Waals surface area contributed by atoms with Gasteiger partial charge < -0.3 is 5.32 Å². The molecule has 3 rings (SSSR count). The molecule has 0 aliphatic rings. The molecular formula is C14H11ClN2S. The van der Waals surface area contributed by atoms with Crippen LogP contribution in [0.4, 0.5) is 5.82 Å². The Bertz CT molecular complexity index is 678. The van der Waals surface area contributed by atoms with Gasteiger partial charge in [-0.05, 0) is 41.4 Å². The second-order valence-corrected chi connectivity index (χ2v) is 5.25. The van der Waals surface area contributed by atoms with Gasteiger partial charge in [0.2, 0.25) is 0 Å². The summed E-state index contributed by atoms with van der Waals surface area (Å²) in [7, 11) is 0. The van der Waals surface area contributed by atoms with Crippen molar-refractivity contribution in [1.29, 1.82) is 0 Å². The third-order valence-corrected chi connectivity index (χ3v) is 3.79. The molecule has 1 aromatic heterocycles. The molecule has 2 nitrogen and oxygen atoms in total. The molecule has 0 saturated carbocycles. The summed E-state index contributed by atoms with van der Waals surface area (Å²) < 4.78 is 5.63. The van der Waals surface area contributed by atoms with Gasteiger partial charge in [-0.15, -0.1) is 0 Å². The predicted octanol–water partition coefficient (Wildman–Crippen LogP) is 4.56. The summed E-state index contributed by atoms with van der Waals surface area (Å²) in [5.74, 6) is 0.940. The standard InChI is InChI=1S/C14H11ClN2S/c15-11-5-3-4-10(8-11)9-16-14-12-6-1-2-7-13(12)18-17-14/h1-8H,9H2,(H,16,17). The molecule has 3 aromatic rings. The molecule has 0 radical (unpaired) electrons. The highest BCUT2D eigenvalue weighted by molar-refractivity contribution is 7.13. The van der Waals surface area contributed by atoms with E-state index >= 15 is 0 Å². The number of anilines is 1. The van der Waals surface area contributed by atoms with Crippen molar-refractivity contribution in [2.45, 2.75) is 6.54 Å². The van der Waals surface area contributed by atoms with E-state index in [0.29, 0.717) is 0 Å². The molecule has 2 aromatic carbocycles. The van der Waals surface area contributed by atoms with Gasteiger partial charge in [-0.3, -0.25) is 0 Å². The SMILES string of the molecule is Clc1cccc(CNc2nsc3ccccc23)c1. The number of halogens is 1. The molecule has 18 heavy (non-hydrogen) atoms. The number of benzene rings is 2. The summed E-state index contributed by atoms with van der Waals surface area (Å²) >= 11 is 7.47. The van der Waals surface area contributed by atoms with Crippen molar-refractivity contribution in [2.75, 3.05) is 5.32 Å². The summed E-state index contributed by atoms with van der Waals surface area (Å²) in [4.78, 5) is 0. The lowest BCUT2D eigenvalue weighted by Crippen LogP contribution is -1.99. The number of hydrogen-bond acceptors (Lipinski definition) is 3. The molecule has 90 valence electrons. The topological polar surface area (TPSA) is 24.9 Å². The minimum Gasteiger partial charge on any atom is -0.365 e. The third kappa shape index (κ3) is 2.33. The molecule has 0 aliphatic heterocycles. The molecular weight excluding hydrogens is 264 g/mol. The first-order valence-corrected chi connectivity index (χ1v) is 6.81. The first-order valence-electron chi connectivity index (χ1n) is 5.66. The van der Waals surface area contributed by atoms with Crippen molar-refractivity contribution in [3.63, 3.8) is 0 Å². The van der Waals surface area contributed by atoms with Crippen LogP contribution in [0.15, 0.2) is 48.5 Å². The van der Waals surface area contributed by atoms with Gasteiger partial charge in [-0.1, -0.05) is 35.9 Å². The number of nitrogens with zero attached hydrogens (tertiary/aromatic N) is 1. The number of hydrogen-bond donors (Lipinski definition) is 1. The Morgan fingerprint density at radius 1 is 1.11 bits per heavy atom. The molecule has 0 spiro atoms. The van der Waals surface area contributed by atoms with Crippen LogP contribution in [0.5, 0.6) is 0 Å². The van der Waals surface area contributed by atoms with Crippen molar-refractivity contribution < 1.29 is 0 Å². The number of fused-ring (bicyclic) bond motifs is 1. The molecule has 0 saturated heterocycles. The maximum Gasteiger partial charge on any atom is 0.147 e. The van der Waals surface area contributed by atoms with E-state index in [9.17, 15) is 0 Å². The summed E-state index contributed by atoms with van der Waals surface area (Å²) in [5.41, 5.74) is 1.15. The van der Waals surface area contributed by atoms with E-state index in [2.05, 4.69) is 21.8 Å². The molecule has 1 heterocycles. The van der Waals surface area contributed by atoms with Crippen molar-refractivity contribution in [3.05, 3.63) is 59.1 Å². The smallest absolute Gasteiger partial charge is 0.147 e. The van der Waals surface area contributed by atoms with Gasteiger partial charge in [-0.25, -0.2) is 0 Å². The fraction of sp³-hybridized carbons (Fsp3) is 0.0714. The fourth-order valence-corrected chi connectivity index (χ4v) is 2.81. The summed E-state index contributed by atoms with van der Waals surface area (Å²) in [6.45, 7) is 0.730. The number of rotatable bonds is 3. The summed E-state index contributed by atoms with van der Waals surface area (Å²) in [6.07, 6.45) is 0. The van der Waals surface area contributed by atoms with E-state index in [1.165, 1.54) is 21.6 Å². The third-order valence-electron chi connectivity index (χ3n) is 2.73. The van der Waals surface area contributed by atoms with Crippen LogP contribution in [0.2, 0.25) is 5.02 Å². The molecule has 0 bridgehead atoms. The second kappa shape index (κ2) is 4.96. The normalized spacial score (nSPS) is 10.7. The van der Waals surface area contributed by atoms with Crippen LogP contribution in [0, 0.1) is 0 Å². The van der Waals surface area contributed by atoms with Crippen molar-refractivity contribution in [3.8, 4) is 0 Å². The zero-order valence-corrected chi connectivity index (χ0v) is 11.1. The van der Waals surface area contributed by atoms with Crippen LogP contribution >= 0.6 is 23.1 Å². The van der Waals surface area contributed by atoms with E-state index in [4.69, 9.17) is 11.6 Å². The first-order chi connectivity index (χ1) is 8.83. The van der Waals surface area contributed by atoms with E-state index in [1.807, 2.05) is 36.4 Å². The minimum atomic E-state index is 0.730. The van der Waals surface area contributed by atoms with Crippen LogP contribution in [0.3, 0.4) is 0 Å². The highest BCUT2D eigenvalue weighted by Crippen LogP contribution is 2.26. The Labute approximate surface area is 114 Å². The molecule has 0 aliphatic carbocycles. The molecule has 1 N–H and O–H groups in total. The lowest BCUT2D eigenvalue weighted by molar-refractivity contribution is 1.14. The average molecular weight is 275 g/mol. The Kier molecular flexibility index (Phi) is 3.17. The summed E-state index contributed by atoms with van der Waals surface area (Å²) in [6, 6.07) is 16.1. The van der Waals surface area contributed by atoms with Crippen molar-refractivity contribution >= 4 is 39.0 Å². The zero-order chi connectivity index (χ0) is 12.4. The minimum absolute atomic E-state index is 0.730. The second-order valence-electron chi connectivity index (χ2n) is 4.01. The Morgan fingerprint density at radius 2 is 2.00 bits per heavy atom. The van der Waals surface area contributed by atoms with Gasteiger partial charge in [0.05, 0.1) is 4.70 Å². The van der Waals surface area contributed by atoms with Gasteiger partial charge in [-0.2, -0.15) is 4.37 Å². The van der Waals surface area contributed by atoms with Crippen LogP contribution in [-0.4, -0.2) is 4.37 Å². The fourth-order valence-electron chi connectivity index (χ4n) is 1.85. The van der Waals surface area contributed by atoms with Crippen LogP contribution < -0.4 is 5.32 Å². The number of aromatic nitrogens is 1. The van der Waals surface area contributed by atoms with Gasteiger partial charge in [0.25, 0.3) is 0 Å². The average Bonchev–Trinajstić information content (AvgIpc) is 2.80. The maximum atomic E-state index is 5.96. The molecule has 4 heteroatoms. The van der Waals surface area contributed by atoms with E-state index in [-0.39, 0.29) is 0 Å². The van der Waals surface area contributed by atoms with Crippen LogP contribution in [-0.2, 0) is 6.54 Å². The highest BCUT2D eigenvalue weighted by atomic mass is 35.5. The quantitative estimate of drug-likeness (QED) is 0.757. The maximum absolute atomic E-state index is 5.96. The van der Waals surface area contributed by atoms with Crippen molar-refractivity contribution in [2.24, 2.45) is 0 Å². The van der Waals surface area contributed by atoms with E-state index < -0.39 is 0 Å². The van der Waals surface area contributed by atoms with Gasteiger partial charge >= 0.3 is 0 Å². The van der Waals surface area contributed by atoms with Crippen molar-refractivity contribution in [1.82, 2.24) is 4.37 Å². The van der Waals surface area contributed by atoms with Gasteiger partial charge in [0.1, 0.15) is 5.82 Å². The lowest BCUT2D eigenvalue weighted by atomic mass is 10.2. The first kappa shape index (κ1) is 11.5. The zero-order valence-electron chi connectivity index (χ0n) is 9.56. The lowest BCUT2D eigenvalue weighted by Gasteiger charge is -2.04. The van der Waals surface area contributed by atoms with Crippen LogP contribution in [0.25, 0.3) is 10.1 Å². The Hall–Kier alpha value is -1.58. The monoisotopic (exact) mass is 274 g/mol. The van der Waals surface area contributed by atoms with Crippen LogP contribution in [0.1, 0.15) is 5.56 Å². The summed E-state index contributed by atoms with van der Waals surface area (Å²) in [5, 5.41) is 5.28. The Balaban J connectivity index is 1.81. The Morgan fingerprint density at radius 3 is 2.89 bits per heavy atom. The molecule has 0 atom stereocenters. The molecule has 0 fully saturated rings. The predicted molar refractivity (Wildman–Crippen MR) is 78.4 cm³/mol. The number of nitrogens with one attached hydrogen (secondary N) is 1. The molecule has 0 amide bonds. The van der Waals surface area contributed by atoms with E-state index in [1.54, 1.807) is 0 Å². The van der Waals surface area contributed by atoms with E-state index in [0.717, 1.165) is 22.9 Å².